The molecule has 0 aliphatic carbocycles. The molecule has 0 saturated carbocycles. The van der Waals surface area contributed by atoms with Crippen LogP contribution in [0.4, 0.5) is 0 Å². The van der Waals surface area contributed by atoms with Crippen molar-refractivity contribution in [2.24, 2.45) is 0 Å². The highest BCUT2D eigenvalue weighted by Gasteiger charge is 2.13. The highest BCUT2D eigenvalue weighted by molar-refractivity contribution is 5.73. The molecule has 0 atom stereocenters. The Hall–Kier alpha value is -2.38. The zero-order valence-electron chi connectivity index (χ0n) is 13.0. The SMILES string of the molecule is CCCCOCc1ccccc1-c1cc(C)[nH]c(=O)c1C#N. The first kappa shape index (κ1) is 16.0. The van der Waals surface area contributed by atoms with Crippen molar-refractivity contribution in [2.75, 3.05) is 6.61 Å². The molecule has 0 amide bonds. The minimum absolute atomic E-state index is 0.145. The molecule has 0 aliphatic rings. The molecule has 1 heterocycles. The van der Waals surface area contributed by atoms with Crippen LogP contribution >= 0.6 is 0 Å². The summed E-state index contributed by atoms with van der Waals surface area (Å²) >= 11 is 0. The van der Waals surface area contributed by atoms with E-state index in [0.29, 0.717) is 18.8 Å². The van der Waals surface area contributed by atoms with Gasteiger partial charge in [-0.25, -0.2) is 0 Å². The van der Waals surface area contributed by atoms with Crippen LogP contribution in [0.2, 0.25) is 0 Å². The first-order valence-electron chi connectivity index (χ1n) is 7.47. The Bertz CT molecular complexity index is 741. The van der Waals surface area contributed by atoms with Crippen LogP contribution in [0.3, 0.4) is 0 Å². The Balaban J connectivity index is 2.41. The maximum Gasteiger partial charge on any atom is 0.266 e. The molecule has 4 nitrogen and oxygen atoms in total. The zero-order valence-corrected chi connectivity index (χ0v) is 13.0. The molecular weight excluding hydrogens is 276 g/mol. The number of aromatic nitrogens is 1. The van der Waals surface area contributed by atoms with Crippen LogP contribution in [0.25, 0.3) is 11.1 Å². The molecule has 1 aromatic carbocycles. The first-order valence-corrected chi connectivity index (χ1v) is 7.47. The number of unbranched alkanes of at least 4 members (excludes halogenated alkanes) is 1. The van der Waals surface area contributed by atoms with Gasteiger partial charge in [0, 0.05) is 17.9 Å². The van der Waals surface area contributed by atoms with Gasteiger partial charge in [-0.15, -0.1) is 0 Å². The second kappa shape index (κ2) is 7.58. The maximum atomic E-state index is 12.0. The lowest BCUT2D eigenvalue weighted by Gasteiger charge is -2.12. The van der Waals surface area contributed by atoms with Crippen LogP contribution in [0.5, 0.6) is 0 Å². The Kier molecular flexibility index (Phi) is 5.51. The van der Waals surface area contributed by atoms with Crippen molar-refractivity contribution in [1.29, 1.82) is 5.26 Å². The lowest BCUT2D eigenvalue weighted by atomic mass is 9.96. The molecule has 0 aliphatic heterocycles. The van der Waals surface area contributed by atoms with Crippen LogP contribution in [-0.2, 0) is 11.3 Å². The monoisotopic (exact) mass is 296 g/mol. The Labute approximate surface area is 130 Å². The van der Waals surface area contributed by atoms with Gasteiger partial charge in [0.2, 0.25) is 0 Å². The van der Waals surface area contributed by atoms with Crippen LogP contribution in [0.1, 0.15) is 36.6 Å². The van der Waals surface area contributed by atoms with Crippen LogP contribution in [-0.4, -0.2) is 11.6 Å². The minimum atomic E-state index is -0.348. The predicted octanol–water partition coefficient (Wildman–Crippen LogP) is 3.54. The molecule has 0 unspecified atom stereocenters. The number of hydrogen-bond acceptors (Lipinski definition) is 3. The van der Waals surface area contributed by atoms with E-state index in [-0.39, 0.29) is 11.1 Å². The van der Waals surface area contributed by atoms with E-state index in [2.05, 4.69) is 11.9 Å². The summed E-state index contributed by atoms with van der Waals surface area (Å²) < 4.78 is 5.69. The molecule has 1 aromatic heterocycles. The third-order valence-corrected chi connectivity index (χ3v) is 3.49. The number of hydrogen-bond donors (Lipinski definition) is 1. The number of nitriles is 1. The fourth-order valence-electron chi connectivity index (χ4n) is 2.35. The molecule has 0 radical (unpaired) electrons. The molecule has 2 rings (SSSR count). The number of nitrogens with one attached hydrogen (secondary N) is 1. The van der Waals surface area contributed by atoms with Crippen molar-refractivity contribution in [3.8, 4) is 17.2 Å². The van der Waals surface area contributed by atoms with Crippen molar-refractivity contribution in [1.82, 2.24) is 4.98 Å². The van der Waals surface area contributed by atoms with Gasteiger partial charge in [0.1, 0.15) is 11.6 Å². The maximum absolute atomic E-state index is 12.0. The molecule has 0 saturated heterocycles. The fourth-order valence-corrected chi connectivity index (χ4v) is 2.35. The second-order valence-electron chi connectivity index (χ2n) is 5.25. The minimum Gasteiger partial charge on any atom is -0.377 e. The van der Waals surface area contributed by atoms with Gasteiger partial charge in [-0.05, 0) is 30.5 Å². The molecule has 1 N–H and O–H groups in total. The summed E-state index contributed by atoms with van der Waals surface area (Å²) in [4.78, 5) is 14.6. The van der Waals surface area contributed by atoms with Crippen molar-refractivity contribution in [2.45, 2.75) is 33.3 Å². The summed E-state index contributed by atoms with van der Waals surface area (Å²) in [6, 6.07) is 11.6. The lowest BCUT2D eigenvalue weighted by Crippen LogP contribution is -2.13. The van der Waals surface area contributed by atoms with E-state index >= 15 is 0 Å². The van der Waals surface area contributed by atoms with Crippen molar-refractivity contribution in [3.05, 3.63) is 57.5 Å². The summed E-state index contributed by atoms with van der Waals surface area (Å²) in [5.74, 6) is 0. The van der Waals surface area contributed by atoms with Gasteiger partial charge in [0.05, 0.1) is 6.61 Å². The summed E-state index contributed by atoms with van der Waals surface area (Å²) in [6.45, 7) is 5.12. The summed E-state index contributed by atoms with van der Waals surface area (Å²) in [5.41, 5.74) is 3.06. The molecule has 4 heteroatoms. The molecule has 114 valence electrons. The highest BCUT2D eigenvalue weighted by atomic mass is 16.5. The molecule has 22 heavy (non-hydrogen) atoms. The number of H-pyrrole nitrogens is 1. The zero-order chi connectivity index (χ0) is 15.9. The largest absolute Gasteiger partial charge is 0.377 e. The quantitative estimate of drug-likeness (QED) is 0.829. The summed E-state index contributed by atoms with van der Waals surface area (Å²) in [7, 11) is 0. The van der Waals surface area contributed by atoms with Gasteiger partial charge < -0.3 is 9.72 Å². The number of benzene rings is 1. The number of aromatic amines is 1. The van der Waals surface area contributed by atoms with Gasteiger partial charge in [0.15, 0.2) is 0 Å². The van der Waals surface area contributed by atoms with Crippen molar-refractivity contribution in [3.63, 3.8) is 0 Å². The molecule has 0 fully saturated rings. The number of nitrogens with zero attached hydrogens (tertiary/aromatic N) is 1. The number of ether oxygens (including phenoxy) is 1. The van der Waals surface area contributed by atoms with Crippen molar-refractivity contribution >= 4 is 0 Å². The number of pyridine rings is 1. The van der Waals surface area contributed by atoms with E-state index in [9.17, 15) is 10.1 Å². The average molecular weight is 296 g/mol. The van der Waals surface area contributed by atoms with Crippen LogP contribution in [0, 0.1) is 18.3 Å². The van der Waals surface area contributed by atoms with E-state index in [1.807, 2.05) is 43.3 Å². The topological polar surface area (TPSA) is 65.9 Å². The standard InChI is InChI=1S/C18H20N2O2/c1-3-4-9-22-12-14-7-5-6-8-15(14)16-10-13(2)20-18(21)17(16)11-19/h5-8,10H,3-4,9,12H2,1-2H3,(H,20,21). The van der Waals surface area contributed by atoms with E-state index in [1.165, 1.54) is 0 Å². The van der Waals surface area contributed by atoms with Gasteiger partial charge in [-0.2, -0.15) is 5.26 Å². The van der Waals surface area contributed by atoms with E-state index in [0.717, 1.165) is 29.7 Å². The summed E-state index contributed by atoms with van der Waals surface area (Å²) in [6.07, 6.45) is 2.11. The molecule has 0 bridgehead atoms. The van der Waals surface area contributed by atoms with Gasteiger partial charge >= 0.3 is 0 Å². The Morgan fingerprint density at radius 1 is 1.27 bits per heavy atom. The van der Waals surface area contributed by atoms with Crippen LogP contribution < -0.4 is 5.56 Å². The van der Waals surface area contributed by atoms with E-state index in [4.69, 9.17) is 4.74 Å². The third-order valence-electron chi connectivity index (χ3n) is 3.49. The summed E-state index contributed by atoms with van der Waals surface area (Å²) in [5, 5.41) is 9.29. The van der Waals surface area contributed by atoms with Gasteiger partial charge in [-0.1, -0.05) is 37.6 Å². The number of rotatable bonds is 6. The van der Waals surface area contributed by atoms with Crippen LogP contribution in [0.15, 0.2) is 35.1 Å². The first-order chi connectivity index (χ1) is 10.7. The smallest absolute Gasteiger partial charge is 0.266 e. The van der Waals surface area contributed by atoms with Crippen molar-refractivity contribution < 1.29 is 4.74 Å². The van der Waals surface area contributed by atoms with E-state index in [1.54, 1.807) is 0 Å². The fraction of sp³-hybridized carbons (Fsp3) is 0.333. The molecule has 0 spiro atoms. The van der Waals surface area contributed by atoms with E-state index < -0.39 is 0 Å². The van der Waals surface area contributed by atoms with Gasteiger partial charge in [-0.3, -0.25) is 4.79 Å². The van der Waals surface area contributed by atoms with Gasteiger partial charge in [0.25, 0.3) is 5.56 Å². The highest BCUT2D eigenvalue weighted by Crippen LogP contribution is 2.26. The predicted molar refractivity (Wildman–Crippen MR) is 86.5 cm³/mol. The third kappa shape index (κ3) is 3.63. The average Bonchev–Trinajstić information content (AvgIpc) is 2.51. The molecule has 2 aromatic rings. The number of aryl methyl sites for hydroxylation is 1. The normalized spacial score (nSPS) is 10.4. The second-order valence-corrected chi connectivity index (χ2v) is 5.25. The lowest BCUT2D eigenvalue weighted by molar-refractivity contribution is 0.118. The Morgan fingerprint density at radius 3 is 2.77 bits per heavy atom. The molecular formula is C18H20N2O2. The Morgan fingerprint density at radius 2 is 2.05 bits per heavy atom.